The number of rotatable bonds is 4. The van der Waals surface area contributed by atoms with Gasteiger partial charge in [-0.25, -0.2) is 9.97 Å². The Hall–Kier alpha value is -1.16. The number of hydrogen-bond donors (Lipinski definition) is 2. The number of nitrogens with zero attached hydrogens (tertiary/aromatic N) is 2. The monoisotopic (exact) mass is 207 g/mol. The highest BCUT2D eigenvalue weighted by molar-refractivity contribution is 5.22. The molecule has 0 radical (unpaired) electrons. The zero-order valence-electron chi connectivity index (χ0n) is 8.76. The predicted molar refractivity (Wildman–Crippen MR) is 58.5 cm³/mol. The molecule has 1 aromatic rings. The molecule has 4 heteroatoms. The Labute approximate surface area is 89.8 Å². The van der Waals surface area contributed by atoms with Crippen LogP contribution in [0, 0.1) is 5.92 Å². The van der Waals surface area contributed by atoms with Crippen molar-refractivity contribution in [2.75, 3.05) is 11.9 Å². The fourth-order valence-corrected chi connectivity index (χ4v) is 2.10. The van der Waals surface area contributed by atoms with Crippen molar-refractivity contribution >= 4 is 5.95 Å². The van der Waals surface area contributed by atoms with E-state index in [1.54, 1.807) is 18.5 Å². The predicted octanol–water partition coefficient (Wildman–Crippen LogP) is 1.44. The molecule has 15 heavy (non-hydrogen) atoms. The van der Waals surface area contributed by atoms with E-state index in [0.717, 1.165) is 12.8 Å². The highest BCUT2D eigenvalue weighted by Crippen LogP contribution is 2.27. The first-order valence-corrected chi connectivity index (χ1v) is 5.55. The maximum atomic E-state index is 9.89. The lowest BCUT2D eigenvalue weighted by Crippen LogP contribution is -2.27. The summed E-state index contributed by atoms with van der Waals surface area (Å²) >= 11 is 0. The summed E-state index contributed by atoms with van der Waals surface area (Å²) in [5, 5.41) is 12.9. The normalized spacial score (nSPS) is 19.0. The van der Waals surface area contributed by atoms with E-state index in [2.05, 4.69) is 15.3 Å². The average Bonchev–Trinajstić information content (AvgIpc) is 2.81. The molecule has 1 aliphatic carbocycles. The molecule has 0 amide bonds. The third-order valence-corrected chi connectivity index (χ3v) is 2.98. The van der Waals surface area contributed by atoms with Gasteiger partial charge in [0.05, 0.1) is 6.10 Å². The molecular weight excluding hydrogens is 190 g/mol. The van der Waals surface area contributed by atoms with Gasteiger partial charge in [0, 0.05) is 18.9 Å². The number of aliphatic hydroxyl groups is 1. The van der Waals surface area contributed by atoms with Crippen LogP contribution in [0.2, 0.25) is 0 Å². The minimum absolute atomic E-state index is 0.267. The van der Waals surface area contributed by atoms with E-state index in [1.807, 2.05) is 0 Å². The van der Waals surface area contributed by atoms with Crippen molar-refractivity contribution < 1.29 is 5.11 Å². The molecule has 1 heterocycles. The molecule has 0 spiro atoms. The van der Waals surface area contributed by atoms with Crippen LogP contribution in [0.5, 0.6) is 0 Å². The standard InChI is InChI=1S/C11H17N3O/c15-10(9-4-1-2-5-9)8-14-11-12-6-3-7-13-11/h3,6-7,9-10,15H,1-2,4-5,8H2,(H,12,13,14). The summed E-state index contributed by atoms with van der Waals surface area (Å²) in [6.07, 6.45) is 7.93. The van der Waals surface area contributed by atoms with Gasteiger partial charge in [-0.3, -0.25) is 0 Å². The fraction of sp³-hybridized carbons (Fsp3) is 0.636. The van der Waals surface area contributed by atoms with Crippen LogP contribution in [0.4, 0.5) is 5.95 Å². The van der Waals surface area contributed by atoms with Crippen LogP contribution < -0.4 is 5.32 Å². The number of anilines is 1. The molecule has 1 saturated carbocycles. The van der Waals surface area contributed by atoms with Gasteiger partial charge in [-0.2, -0.15) is 0 Å². The molecule has 0 saturated heterocycles. The Bertz CT molecular complexity index is 285. The molecule has 1 aliphatic rings. The van der Waals surface area contributed by atoms with Crippen LogP contribution in [0.3, 0.4) is 0 Å². The van der Waals surface area contributed by atoms with Gasteiger partial charge >= 0.3 is 0 Å². The summed E-state index contributed by atoms with van der Waals surface area (Å²) in [6, 6.07) is 1.78. The largest absolute Gasteiger partial charge is 0.391 e. The number of aliphatic hydroxyl groups excluding tert-OH is 1. The van der Waals surface area contributed by atoms with E-state index in [0.29, 0.717) is 18.4 Å². The minimum Gasteiger partial charge on any atom is -0.391 e. The van der Waals surface area contributed by atoms with Gasteiger partial charge < -0.3 is 10.4 Å². The first kappa shape index (κ1) is 10.4. The number of hydrogen-bond acceptors (Lipinski definition) is 4. The van der Waals surface area contributed by atoms with Gasteiger partial charge in [0.1, 0.15) is 0 Å². The fourth-order valence-electron chi connectivity index (χ4n) is 2.10. The Kier molecular flexibility index (Phi) is 3.50. The van der Waals surface area contributed by atoms with Gasteiger partial charge in [-0.15, -0.1) is 0 Å². The summed E-state index contributed by atoms with van der Waals surface area (Å²) < 4.78 is 0. The van der Waals surface area contributed by atoms with Gasteiger partial charge in [0.25, 0.3) is 0 Å². The average molecular weight is 207 g/mol. The SMILES string of the molecule is OC(CNc1ncccn1)C1CCCC1. The van der Waals surface area contributed by atoms with E-state index < -0.39 is 0 Å². The highest BCUT2D eigenvalue weighted by Gasteiger charge is 2.22. The summed E-state index contributed by atoms with van der Waals surface area (Å²) in [5.74, 6) is 1.05. The van der Waals surface area contributed by atoms with E-state index >= 15 is 0 Å². The van der Waals surface area contributed by atoms with Crippen molar-refractivity contribution in [3.8, 4) is 0 Å². The second kappa shape index (κ2) is 5.07. The van der Waals surface area contributed by atoms with Crippen molar-refractivity contribution in [2.24, 2.45) is 5.92 Å². The van der Waals surface area contributed by atoms with Gasteiger partial charge in [0.15, 0.2) is 0 Å². The first-order chi connectivity index (χ1) is 7.36. The number of aromatic nitrogens is 2. The molecule has 1 aromatic heterocycles. The molecule has 0 aliphatic heterocycles. The third kappa shape index (κ3) is 2.89. The zero-order chi connectivity index (χ0) is 10.5. The van der Waals surface area contributed by atoms with Crippen molar-refractivity contribution in [3.05, 3.63) is 18.5 Å². The van der Waals surface area contributed by atoms with Crippen LogP contribution >= 0.6 is 0 Å². The highest BCUT2D eigenvalue weighted by atomic mass is 16.3. The van der Waals surface area contributed by atoms with E-state index in [9.17, 15) is 5.11 Å². The van der Waals surface area contributed by atoms with Gasteiger partial charge in [-0.05, 0) is 24.8 Å². The number of nitrogens with one attached hydrogen (secondary N) is 1. The van der Waals surface area contributed by atoms with E-state index in [-0.39, 0.29) is 6.10 Å². The molecule has 0 aromatic carbocycles. The lowest BCUT2D eigenvalue weighted by atomic mass is 10.0. The van der Waals surface area contributed by atoms with Crippen LogP contribution in [-0.2, 0) is 0 Å². The first-order valence-electron chi connectivity index (χ1n) is 5.55. The molecule has 2 N–H and O–H groups in total. The van der Waals surface area contributed by atoms with Crippen molar-refractivity contribution in [3.63, 3.8) is 0 Å². The molecule has 4 nitrogen and oxygen atoms in total. The summed E-state index contributed by atoms with van der Waals surface area (Å²) in [5.41, 5.74) is 0. The Balaban J connectivity index is 1.77. The zero-order valence-corrected chi connectivity index (χ0v) is 8.76. The quantitative estimate of drug-likeness (QED) is 0.784. The molecular formula is C11H17N3O. The Morgan fingerprint density at radius 1 is 1.33 bits per heavy atom. The van der Waals surface area contributed by atoms with Crippen LogP contribution in [0.15, 0.2) is 18.5 Å². The van der Waals surface area contributed by atoms with Crippen molar-refractivity contribution in [1.82, 2.24) is 9.97 Å². The van der Waals surface area contributed by atoms with E-state index in [1.165, 1.54) is 12.8 Å². The van der Waals surface area contributed by atoms with Crippen LogP contribution in [-0.4, -0.2) is 27.7 Å². The topological polar surface area (TPSA) is 58.0 Å². The van der Waals surface area contributed by atoms with Crippen molar-refractivity contribution in [1.29, 1.82) is 0 Å². The molecule has 1 unspecified atom stereocenters. The summed E-state index contributed by atoms with van der Waals surface area (Å²) in [6.45, 7) is 0.550. The van der Waals surface area contributed by atoms with Crippen molar-refractivity contribution in [2.45, 2.75) is 31.8 Å². The molecule has 1 fully saturated rings. The molecule has 1 atom stereocenters. The third-order valence-electron chi connectivity index (χ3n) is 2.98. The summed E-state index contributed by atoms with van der Waals surface area (Å²) in [4.78, 5) is 8.09. The molecule has 82 valence electrons. The van der Waals surface area contributed by atoms with Crippen LogP contribution in [0.25, 0.3) is 0 Å². The van der Waals surface area contributed by atoms with Gasteiger partial charge in [-0.1, -0.05) is 12.8 Å². The lowest BCUT2D eigenvalue weighted by molar-refractivity contribution is 0.122. The second-order valence-electron chi connectivity index (χ2n) is 4.07. The minimum atomic E-state index is -0.267. The molecule has 0 bridgehead atoms. The summed E-state index contributed by atoms with van der Waals surface area (Å²) in [7, 11) is 0. The van der Waals surface area contributed by atoms with Gasteiger partial charge in [0.2, 0.25) is 5.95 Å². The maximum absolute atomic E-state index is 9.89. The van der Waals surface area contributed by atoms with E-state index in [4.69, 9.17) is 0 Å². The Morgan fingerprint density at radius 2 is 2.00 bits per heavy atom. The van der Waals surface area contributed by atoms with Crippen LogP contribution in [0.1, 0.15) is 25.7 Å². The maximum Gasteiger partial charge on any atom is 0.222 e. The Morgan fingerprint density at radius 3 is 2.67 bits per heavy atom. The lowest BCUT2D eigenvalue weighted by Gasteiger charge is -2.17. The molecule has 2 rings (SSSR count). The second-order valence-corrected chi connectivity index (χ2v) is 4.07. The smallest absolute Gasteiger partial charge is 0.222 e.